The summed E-state index contributed by atoms with van der Waals surface area (Å²) in [5.74, 6) is 0.159. The average molecular weight is 308 g/mol. The van der Waals surface area contributed by atoms with Crippen molar-refractivity contribution in [3.63, 3.8) is 0 Å². The van der Waals surface area contributed by atoms with E-state index in [0.29, 0.717) is 6.54 Å². The monoisotopic (exact) mass is 308 g/mol. The van der Waals surface area contributed by atoms with Gasteiger partial charge in [-0.3, -0.25) is 9.69 Å². The molecule has 1 atom stereocenters. The number of likely N-dealkylation sites (tertiary alicyclic amines) is 1. The van der Waals surface area contributed by atoms with E-state index < -0.39 is 0 Å². The SMILES string of the molecule is COCCCn1c(C)cc(C(=O)CN2CCCC2CO)c1C. The number of Topliss-reactive ketones (excluding diaryl/α,β-unsaturated/α-hetero) is 1. The Morgan fingerprint density at radius 3 is 2.91 bits per heavy atom. The number of rotatable bonds is 8. The highest BCUT2D eigenvalue weighted by molar-refractivity contribution is 5.99. The van der Waals surface area contributed by atoms with Crippen molar-refractivity contribution in [1.29, 1.82) is 0 Å². The highest BCUT2D eigenvalue weighted by Gasteiger charge is 2.27. The molecule has 0 amide bonds. The topological polar surface area (TPSA) is 54.7 Å². The molecular formula is C17H28N2O3. The summed E-state index contributed by atoms with van der Waals surface area (Å²) < 4.78 is 7.29. The number of aliphatic hydroxyl groups excluding tert-OH is 1. The number of aliphatic hydroxyl groups is 1. The van der Waals surface area contributed by atoms with Crippen molar-refractivity contribution in [3.8, 4) is 0 Å². The van der Waals surface area contributed by atoms with E-state index in [0.717, 1.165) is 55.9 Å². The van der Waals surface area contributed by atoms with Crippen LogP contribution >= 0.6 is 0 Å². The summed E-state index contributed by atoms with van der Waals surface area (Å²) in [6, 6.07) is 2.14. The van der Waals surface area contributed by atoms with E-state index in [-0.39, 0.29) is 18.4 Å². The number of hydrogen-bond acceptors (Lipinski definition) is 4. The molecule has 0 radical (unpaired) electrons. The quantitative estimate of drug-likeness (QED) is 0.587. The van der Waals surface area contributed by atoms with Crippen LogP contribution in [0.3, 0.4) is 0 Å². The van der Waals surface area contributed by atoms with Gasteiger partial charge in [-0.1, -0.05) is 0 Å². The Labute approximate surface area is 132 Å². The van der Waals surface area contributed by atoms with E-state index in [1.165, 1.54) is 0 Å². The van der Waals surface area contributed by atoms with Crippen molar-refractivity contribution in [3.05, 3.63) is 23.0 Å². The van der Waals surface area contributed by atoms with Crippen molar-refractivity contribution in [2.45, 2.75) is 45.7 Å². The summed E-state index contributed by atoms with van der Waals surface area (Å²) >= 11 is 0. The normalized spacial score (nSPS) is 19.0. The van der Waals surface area contributed by atoms with Crippen LogP contribution in [-0.4, -0.2) is 59.8 Å². The van der Waals surface area contributed by atoms with Crippen LogP contribution in [0.1, 0.15) is 41.0 Å². The fraction of sp³-hybridized carbons (Fsp3) is 0.706. The summed E-state index contributed by atoms with van der Waals surface area (Å²) in [6.07, 6.45) is 2.99. The predicted octanol–water partition coefficient (Wildman–Crippen LogP) is 1.78. The van der Waals surface area contributed by atoms with E-state index in [9.17, 15) is 9.90 Å². The maximum atomic E-state index is 12.6. The summed E-state index contributed by atoms with van der Waals surface area (Å²) in [7, 11) is 1.71. The highest BCUT2D eigenvalue weighted by atomic mass is 16.5. The van der Waals surface area contributed by atoms with E-state index >= 15 is 0 Å². The van der Waals surface area contributed by atoms with Crippen LogP contribution in [0.2, 0.25) is 0 Å². The fourth-order valence-electron chi connectivity index (χ4n) is 3.37. The fourth-order valence-corrected chi connectivity index (χ4v) is 3.37. The van der Waals surface area contributed by atoms with E-state index in [1.807, 2.05) is 19.9 Å². The van der Waals surface area contributed by atoms with Gasteiger partial charge in [0.05, 0.1) is 13.2 Å². The van der Waals surface area contributed by atoms with Gasteiger partial charge < -0.3 is 14.4 Å². The van der Waals surface area contributed by atoms with Crippen molar-refractivity contribution in [2.24, 2.45) is 0 Å². The first-order chi connectivity index (χ1) is 10.6. The van der Waals surface area contributed by atoms with E-state index in [2.05, 4.69) is 9.47 Å². The Hall–Kier alpha value is -1.17. The van der Waals surface area contributed by atoms with Gasteiger partial charge >= 0.3 is 0 Å². The van der Waals surface area contributed by atoms with E-state index in [4.69, 9.17) is 4.74 Å². The molecule has 0 aromatic carbocycles. The molecule has 1 aromatic heterocycles. The lowest BCUT2D eigenvalue weighted by molar-refractivity contribution is 0.0887. The Morgan fingerprint density at radius 1 is 1.45 bits per heavy atom. The van der Waals surface area contributed by atoms with Gasteiger partial charge in [-0.05, 0) is 45.7 Å². The maximum Gasteiger partial charge on any atom is 0.178 e. The highest BCUT2D eigenvalue weighted by Crippen LogP contribution is 2.20. The van der Waals surface area contributed by atoms with Crippen molar-refractivity contribution in [2.75, 3.05) is 33.4 Å². The molecule has 1 unspecified atom stereocenters. The molecule has 0 aliphatic carbocycles. The van der Waals surface area contributed by atoms with Gasteiger partial charge in [0.2, 0.25) is 0 Å². The Balaban J connectivity index is 2.05. The molecule has 2 heterocycles. The van der Waals surface area contributed by atoms with Gasteiger partial charge in [0.25, 0.3) is 0 Å². The minimum Gasteiger partial charge on any atom is -0.395 e. The first kappa shape index (κ1) is 17.2. The van der Waals surface area contributed by atoms with Crippen LogP contribution in [0.25, 0.3) is 0 Å². The molecule has 22 heavy (non-hydrogen) atoms. The molecule has 1 aromatic rings. The van der Waals surface area contributed by atoms with Gasteiger partial charge in [-0.2, -0.15) is 0 Å². The number of methoxy groups -OCH3 is 1. The molecule has 1 aliphatic heterocycles. The molecule has 1 saturated heterocycles. The van der Waals surface area contributed by atoms with Crippen LogP contribution < -0.4 is 0 Å². The van der Waals surface area contributed by atoms with Crippen LogP contribution in [0.4, 0.5) is 0 Å². The summed E-state index contributed by atoms with van der Waals surface area (Å²) in [5.41, 5.74) is 2.98. The van der Waals surface area contributed by atoms with Crippen LogP contribution in [0.5, 0.6) is 0 Å². The number of ketones is 1. The minimum atomic E-state index is 0.142. The summed E-state index contributed by atoms with van der Waals surface area (Å²) in [6.45, 7) is 7.12. The van der Waals surface area contributed by atoms with Gasteiger partial charge in [0.15, 0.2) is 5.78 Å². The molecule has 1 aliphatic rings. The summed E-state index contributed by atoms with van der Waals surface area (Å²) in [5, 5.41) is 9.37. The zero-order valence-electron chi connectivity index (χ0n) is 14.0. The zero-order chi connectivity index (χ0) is 16.1. The number of carbonyl (C=O) groups is 1. The molecule has 5 heteroatoms. The third kappa shape index (κ3) is 3.77. The number of nitrogens with zero attached hydrogens (tertiary/aromatic N) is 2. The molecule has 1 fully saturated rings. The van der Waals surface area contributed by atoms with Crippen LogP contribution in [0.15, 0.2) is 6.07 Å². The third-order valence-electron chi connectivity index (χ3n) is 4.66. The number of aryl methyl sites for hydroxylation is 1. The molecule has 2 rings (SSSR count). The first-order valence-electron chi connectivity index (χ1n) is 8.12. The van der Waals surface area contributed by atoms with E-state index in [1.54, 1.807) is 7.11 Å². The number of hydrogen-bond donors (Lipinski definition) is 1. The van der Waals surface area contributed by atoms with Crippen molar-refractivity contribution in [1.82, 2.24) is 9.47 Å². The number of carbonyl (C=O) groups excluding carboxylic acids is 1. The Bertz CT molecular complexity index is 510. The number of aromatic nitrogens is 1. The minimum absolute atomic E-state index is 0.142. The molecule has 0 saturated carbocycles. The first-order valence-corrected chi connectivity index (χ1v) is 8.12. The Morgan fingerprint density at radius 2 is 2.23 bits per heavy atom. The van der Waals surface area contributed by atoms with Crippen molar-refractivity contribution >= 4 is 5.78 Å². The van der Waals surface area contributed by atoms with Crippen molar-refractivity contribution < 1.29 is 14.6 Å². The van der Waals surface area contributed by atoms with Gasteiger partial charge in [-0.25, -0.2) is 0 Å². The lowest BCUT2D eigenvalue weighted by atomic mass is 10.1. The third-order valence-corrected chi connectivity index (χ3v) is 4.66. The smallest absolute Gasteiger partial charge is 0.178 e. The molecule has 5 nitrogen and oxygen atoms in total. The molecule has 0 spiro atoms. The van der Waals surface area contributed by atoms with Gasteiger partial charge in [-0.15, -0.1) is 0 Å². The van der Waals surface area contributed by atoms with Gasteiger partial charge in [0, 0.05) is 43.3 Å². The number of ether oxygens (including phenoxy) is 1. The lowest BCUT2D eigenvalue weighted by Gasteiger charge is -2.21. The van der Waals surface area contributed by atoms with Crippen LogP contribution in [0, 0.1) is 13.8 Å². The zero-order valence-corrected chi connectivity index (χ0v) is 14.0. The second-order valence-electron chi connectivity index (χ2n) is 6.16. The molecule has 1 N–H and O–H groups in total. The largest absolute Gasteiger partial charge is 0.395 e. The molecule has 0 bridgehead atoms. The second-order valence-corrected chi connectivity index (χ2v) is 6.16. The summed E-state index contributed by atoms with van der Waals surface area (Å²) in [4.78, 5) is 14.7. The standard InChI is InChI=1S/C17H28N2O3/c1-13-10-16(14(2)19(13)8-5-9-22-3)17(21)11-18-7-4-6-15(18)12-20/h10,15,20H,4-9,11-12H2,1-3H3. The molecule has 124 valence electrons. The Kier molecular flexibility index (Phi) is 6.17. The second kappa shape index (κ2) is 7.90. The maximum absolute atomic E-state index is 12.6. The molecular weight excluding hydrogens is 280 g/mol. The van der Waals surface area contributed by atoms with Crippen LogP contribution in [-0.2, 0) is 11.3 Å². The average Bonchev–Trinajstić information content (AvgIpc) is 3.05. The van der Waals surface area contributed by atoms with Gasteiger partial charge in [0.1, 0.15) is 0 Å². The lowest BCUT2D eigenvalue weighted by Crippen LogP contribution is -2.36. The predicted molar refractivity (Wildman–Crippen MR) is 86.4 cm³/mol.